The van der Waals surface area contributed by atoms with Gasteiger partial charge in [-0.2, -0.15) is 0 Å². The summed E-state index contributed by atoms with van der Waals surface area (Å²) in [7, 11) is 2.06. The van der Waals surface area contributed by atoms with Gasteiger partial charge in [0.25, 0.3) is 0 Å². The first-order valence-corrected chi connectivity index (χ1v) is 5.17. The monoisotopic (exact) mass is 195 g/mol. The Hall–Kier alpha value is -0.800. The number of rotatable bonds is 3. The first-order valence-electron chi connectivity index (χ1n) is 5.17. The standard InChI is InChI=1S/C11H17NO2/c1-12(7-9-5-6-14-8-9)10-3-2-4-11(10)13/h5-6,8,10-11,13H,2-4,7H2,1H3/t10-,11-/m1/s1. The minimum atomic E-state index is -0.146. The highest BCUT2D eigenvalue weighted by molar-refractivity contribution is 5.05. The lowest BCUT2D eigenvalue weighted by Gasteiger charge is -2.26. The molecular weight excluding hydrogens is 178 g/mol. The van der Waals surface area contributed by atoms with Crippen LogP contribution in [0, 0.1) is 0 Å². The van der Waals surface area contributed by atoms with E-state index in [1.54, 1.807) is 12.5 Å². The summed E-state index contributed by atoms with van der Waals surface area (Å²) >= 11 is 0. The summed E-state index contributed by atoms with van der Waals surface area (Å²) in [6, 6.07) is 2.29. The molecule has 0 amide bonds. The first kappa shape index (κ1) is 9.74. The highest BCUT2D eigenvalue weighted by Crippen LogP contribution is 2.24. The van der Waals surface area contributed by atoms with Crippen molar-refractivity contribution in [3.8, 4) is 0 Å². The van der Waals surface area contributed by atoms with Crippen LogP contribution in [0.25, 0.3) is 0 Å². The van der Waals surface area contributed by atoms with Crippen LogP contribution in [0.4, 0.5) is 0 Å². The van der Waals surface area contributed by atoms with Gasteiger partial charge in [0, 0.05) is 18.2 Å². The van der Waals surface area contributed by atoms with E-state index in [9.17, 15) is 5.11 Å². The average Bonchev–Trinajstić information content (AvgIpc) is 2.75. The zero-order valence-electron chi connectivity index (χ0n) is 8.52. The molecule has 1 aliphatic rings. The lowest BCUT2D eigenvalue weighted by molar-refractivity contribution is 0.0824. The molecule has 14 heavy (non-hydrogen) atoms. The van der Waals surface area contributed by atoms with E-state index in [0.29, 0.717) is 6.04 Å². The third-order valence-corrected chi connectivity index (χ3v) is 3.02. The van der Waals surface area contributed by atoms with E-state index in [0.717, 1.165) is 25.8 Å². The van der Waals surface area contributed by atoms with Gasteiger partial charge in [0.05, 0.1) is 18.6 Å². The van der Waals surface area contributed by atoms with E-state index in [1.165, 1.54) is 5.56 Å². The Morgan fingerprint density at radius 3 is 3.00 bits per heavy atom. The molecule has 1 N–H and O–H groups in total. The second-order valence-corrected chi connectivity index (χ2v) is 4.11. The normalized spacial score (nSPS) is 27.4. The topological polar surface area (TPSA) is 36.6 Å². The molecule has 0 radical (unpaired) electrons. The maximum Gasteiger partial charge on any atom is 0.0947 e. The minimum Gasteiger partial charge on any atom is -0.472 e. The fraction of sp³-hybridized carbons (Fsp3) is 0.636. The summed E-state index contributed by atoms with van der Waals surface area (Å²) in [6.07, 6.45) is 6.50. The van der Waals surface area contributed by atoms with Crippen molar-refractivity contribution in [2.24, 2.45) is 0 Å². The number of likely N-dealkylation sites (N-methyl/N-ethyl adjacent to an activating group) is 1. The first-order chi connectivity index (χ1) is 6.77. The molecule has 1 aromatic rings. The maximum absolute atomic E-state index is 9.72. The predicted molar refractivity (Wildman–Crippen MR) is 53.8 cm³/mol. The van der Waals surface area contributed by atoms with E-state index in [1.807, 2.05) is 6.07 Å². The summed E-state index contributed by atoms with van der Waals surface area (Å²) in [5, 5.41) is 9.72. The van der Waals surface area contributed by atoms with Gasteiger partial charge >= 0.3 is 0 Å². The van der Waals surface area contributed by atoms with E-state index in [-0.39, 0.29) is 6.10 Å². The highest BCUT2D eigenvalue weighted by Gasteiger charge is 2.28. The van der Waals surface area contributed by atoms with Crippen molar-refractivity contribution in [1.29, 1.82) is 0 Å². The van der Waals surface area contributed by atoms with Crippen molar-refractivity contribution in [2.45, 2.75) is 38.0 Å². The van der Waals surface area contributed by atoms with Crippen molar-refractivity contribution in [3.63, 3.8) is 0 Å². The van der Waals surface area contributed by atoms with E-state index >= 15 is 0 Å². The molecule has 3 heteroatoms. The SMILES string of the molecule is CN(Cc1ccoc1)[C@@H]1CCC[C@H]1O. The third-order valence-electron chi connectivity index (χ3n) is 3.02. The Morgan fingerprint density at radius 2 is 2.43 bits per heavy atom. The quantitative estimate of drug-likeness (QED) is 0.796. The molecule has 0 aliphatic heterocycles. The predicted octanol–water partition coefficient (Wildman–Crippen LogP) is 1.62. The number of aliphatic hydroxyl groups is 1. The molecule has 1 aliphatic carbocycles. The summed E-state index contributed by atoms with van der Waals surface area (Å²) in [4.78, 5) is 2.21. The summed E-state index contributed by atoms with van der Waals surface area (Å²) in [5.74, 6) is 0. The third kappa shape index (κ3) is 1.99. The molecule has 0 saturated heterocycles. The summed E-state index contributed by atoms with van der Waals surface area (Å²) in [6.45, 7) is 0.859. The number of hydrogen-bond acceptors (Lipinski definition) is 3. The van der Waals surface area contributed by atoms with Gasteiger partial charge in [0.1, 0.15) is 0 Å². The minimum absolute atomic E-state index is 0.146. The Kier molecular flexibility index (Phi) is 2.89. The van der Waals surface area contributed by atoms with E-state index < -0.39 is 0 Å². The Labute approximate surface area is 84.3 Å². The van der Waals surface area contributed by atoms with Gasteiger partial charge in [0.15, 0.2) is 0 Å². The lowest BCUT2D eigenvalue weighted by Crippen LogP contribution is -2.36. The van der Waals surface area contributed by atoms with Crippen LogP contribution in [0.3, 0.4) is 0 Å². The van der Waals surface area contributed by atoms with Gasteiger partial charge in [-0.3, -0.25) is 4.90 Å². The van der Waals surface area contributed by atoms with Crippen LogP contribution in [0.5, 0.6) is 0 Å². The molecule has 2 rings (SSSR count). The van der Waals surface area contributed by atoms with Gasteiger partial charge in [-0.1, -0.05) is 0 Å². The summed E-state index contributed by atoms with van der Waals surface area (Å²) < 4.78 is 5.02. The second kappa shape index (κ2) is 4.15. The van der Waals surface area contributed by atoms with Crippen molar-refractivity contribution in [1.82, 2.24) is 4.90 Å². The second-order valence-electron chi connectivity index (χ2n) is 4.11. The van der Waals surface area contributed by atoms with Crippen molar-refractivity contribution in [3.05, 3.63) is 24.2 Å². The Morgan fingerprint density at radius 1 is 1.57 bits per heavy atom. The molecule has 1 aromatic heterocycles. The van der Waals surface area contributed by atoms with Gasteiger partial charge in [-0.05, 0) is 32.4 Å². The molecule has 1 saturated carbocycles. The summed E-state index contributed by atoms with van der Waals surface area (Å²) in [5.41, 5.74) is 1.17. The number of hydrogen-bond donors (Lipinski definition) is 1. The van der Waals surface area contributed by atoms with Crippen LogP contribution in [-0.2, 0) is 6.54 Å². The van der Waals surface area contributed by atoms with Gasteiger partial charge < -0.3 is 9.52 Å². The largest absolute Gasteiger partial charge is 0.472 e. The molecule has 0 bridgehead atoms. The number of aliphatic hydroxyl groups excluding tert-OH is 1. The van der Waals surface area contributed by atoms with Gasteiger partial charge in [-0.25, -0.2) is 0 Å². The molecule has 1 fully saturated rings. The van der Waals surface area contributed by atoms with E-state index in [2.05, 4.69) is 11.9 Å². The Bertz CT molecular complexity index is 271. The lowest BCUT2D eigenvalue weighted by atomic mass is 10.2. The highest BCUT2D eigenvalue weighted by atomic mass is 16.3. The van der Waals surface area contributed by atoms with Crippen molar-refractivity contribution < 1.29 is 9.52 Å². The van der Waals surface area contributed by atoms with Crippen LogP contribution in [0.1, 0.15) is 24.8 Å². The van der Waals surface area contributed by atoms with Crippen LogP contribution < -0.4 is 0 Å². The fourth-order valence-electron chi connectivity index (χ4n) is 2.22. The Balaban J connectivity index is 1.92. The van der Waals surface area contributed by atoms with Crippen LogP contribution in [0.15, 0.2) is 23.0 Å². The fourth-order valence-corrected chi connectivity index (χ4v) is 2.22. The molecule has 3 nitrogen and oxygen atoms in total. The molecule has 1 heterocycles. The molecule has 0 spiro atoms. The van der Waals surface area contributed by atoms with Gasteiger partial charge in [-0.15, -0.1) is 0 Å². The van der Waals surface area contributed by atoms with Crippen molar-refractivity contribution >= 4 is 0 Å². The van der Waals surface area contributed by atoms with Crippen molar-refractivity contribution in [2.75, 3.05) is 7.05 Å². The molecule has 78 valence electrons. The number of nitrogens with zero attached hydrogens (tertiary/aromatic N) is 1. The van der Waals surface area contributed by atoms with Crippen LogP contribution in [-0.4, -0.2) is 29.2 Å². The van der Waals surface area contributed by atoms with Gasteiger partial charge in [0.2, 0.25) is 0 Å². The zero-order chi connectivity index (χ0) is 9.97. The van der Waals surface area contributed by atoms with Crippen LogP contribution in [0.2, 0.25) is 0 Å². The molecule has 0 unspecified atom stereocenters. The molecular formula is C11H17NO2. The average molecular weight is 195 g/mol. The van der Waals surface area contributed by atoms with E-state index in [4.69, 9.17) is 4.42 Å². The smallest absolute Gasteiger partial charge is 0.0947 e. The molecule has 0 aromatic carbocycles. The number of furan rings is 1. The maximum atomic E-state index is 9.72. The molecule has 2 atom stereocenters. The zero-order valence-corrected chi connectivity index (χ0v) is 8.52. The van der Waals surface area contributed by atoms with Crippen LogP contribution >= 0.6 is 0 Å².